The fraction of sp³-hybridized carbons (Fsp3) is 0.250. The van der Waals surface area contributed by atoms with Crippen molar-refractivity contribution in [2.45, 2.75) is 19.9 Å². The Bertz CT molecular complexity index is 643. The van der Waals surface area contributed by atoms with Gasteiger partial charge in [0.05, 0.1) is 13.2 Å². The third kappa shape index (κ3) is 2.96. The van der Waals surface area contributed by atoms with Crippen LogP contribution in [0.25, 0.3) is 0 Å². The van der Waals surface area contributed by atoms with E-state index in [1.807, 2.05) is 19.9 Å². The largest absolute Gasteiger partial charge is 0.496 e. The third-order valence-corrected chi connectivity index (χ3v) is 4.26. The number of rotatable bonds is 3. The highest BCUT2D eigenvalue weighted by Crippen LogP contribution is 2.34. The molecule has 0 aliphatic rings. The molecule has 0 saturated heterocycles. The van der Waals surface area contributed by atoms with Crippen LogP contribution in [0.4, 0.5) is 4.39 Å². The van der Waals surface area contributed by atoms with Crippen molar-refractivity contribution in [2.75, 3.05) is 7.11 Å². The standard InChI is InChI=1S/C16H17FINO/c1-9-6-10(2)15(14(7-9)20-3)16(19)12-5-4-11(17)8-13(12)18/h4-8,16H,19H2,1-3H3. The zero-order valence-corrected chi connectivity index (χ0v) is 13.9. The molecule has 2 rings (SSSR count). The van der Waals surface area contributed by atoms with E-state index in [4.69, 9.17) is 10.5 Å². The monoisotopic (exact) mass is 385 g/mol. The van der Waals surface area contributed by atoms with Crippen LogP contribution in [-0.2, 0) is 0 Å². The average Bonchev–Trinajstić information content (AvgIpc) is 2.37. The van der Waals surface area contributed by atoms with E-state index in [-0.39, 0.29) is 11.9 Å². The number of hydrogen-bond acceptors (Lipinski definition) is 2. The first-order valence-electron chi connectivity index (χ1n) is 6.29. The Morgan fingerprint density at radius 1 is 1.20 bits per heavy atom. The predicted octanol–water partition coefficient (Wildman–Crippen LogP) is 4.10. The lowest BCUT2D eigenvalue weighted by Crippen LogP contribution is -2.16. The predicted molar refractivity (Wildman–Crippen MR) is 87.6 cm³/mol. The van der Waals surface area contributed by atoms with E-state index in [1.54, 1.807) is 13.2 Å². The number of methoxy groups -OCH3 is 1. The van der Waals surface area contributed by atoms with Gasteiger partial charge in [-0.05, 0) is 71.3 Å². The van der Waals surface area contributed by atoms with Gasteiger partial charge in [-0.15, -0.1) is 0 Å². The van der Waals surface area contributed by atoms with Gasteiger partial charge in [-0.2, -0.15) is 0 Å². The van der Waals surface area contributed by atoms with Crippen LogP contribution in [-0.4, -0.2) is 7.11 Å². The second-order valence-corrected chi connectivity index (χ2v) is 6.00. The number of halogens is 2. The van der Waals surface area contributed by atoms with E-state index >= 15 is 0 Å². The van der Waals surface area contributed by atoms with Gasteiger partial charge in [-0.25, -0.2) is 4.39 Å². The maximum Gasteiger partial charge on any atom is 0.124 e. The number of ether oxygens (including phenoxy) is 1. The summed E-state index contributed by atoms with van der Waals surface area (Å²) in [4.78, 5) is 0. The van der Waals surface area contributed by atoms with E-state index < -0.39 is 0 Å². The summed E-state index contributed by atoms with van der Waals surface area (Å²) in [6.45, 7) is 4.04. The number of benzene rings is 2. The summed E-state index contributed by atoms with van der Waals surface area (Å²) in [6, 6.07) is 8.38. The van der Waals surface area contributed by atoms with Crippen LogP contribution < -0.4 is 10.5 Å². The highest BCUT2D eigenvalue weighted by molar-refractivity contribution is 14.1. The van der Waals surface area contributed by atoms with Gasteiger partial charge in [0.2, 0.25) is 0 Å². The molecule has 106 valence electrons. The van der Waals surface area contributed by atoms with Crippen molar-refractivity contribution in [2.24, 2.45) is 5.73 Å². The van der Waals surface area contributed by atoms with Crippen molar-refractivity contribution in [1.82, 2.24) is 0 Å². The van der Waals surface area contributed by atoms with Gasteiger partial charge in [0.25, 0.3) is 0 Å². The molecule has 0 aromatic heterocycles. The molecular weight excluding hydrogens is 368 g/mol. The molecule has 0 heterocycles. The molecule has 0 fully saturated rings. The first-order chi connectivity index (χ1) is 9.43. The van der Waals surface area contributed by atoms with Crippen LogP contribution in [0.3, 0.4) is 0 Å². The first kappa shape index (κ1) is 15.3. The molecule has 0 saturated carbocycles. The third-order valence-electron chi connectivity index (χ3n) is 3.32. The summed E-state index contributed by atoms with van der Waals surface area (Å²) in [5.74, 6) is 0.521. The van der Waals surface area contributed by atoms with Crippen molar-refractivity contribution in [3.05, 3.63) is 62.0 Å². The summed E-state index contributed by atoms with van der Waals surface area (Å²) < 4.78 is 19.5. The molecule has 2 aromatic rings. The molecule has 2 N–H and O–H groups in total. The van der Waals surface area contributed by atoms with Gasteiger partial charge in [0.1, 0.15) is 11.6 Å². The molecule has 0 aliphatic carbocycles. The molecule has 20 heavy (non-hydrogen) atoms. The van der Waals surface area contributed by atoms with Crippen molar-refractivity contribution in [3.8, 4) is 5.75 Å². The Morgan fingerprint density at radius 2 is 1.90 bits per heavy atom. The van der Waals surface area contributed by atoms with Gasteiger partial charge >= 0.3 is 0 Å². The van der Waals surface area contributed by atoms with Gasteiger partial charge in [-0.3, -0.25) is 0 Å². The average molecular weight is 385 g/mol. The van der Waals surface area contributed by atoms with Crippen molar-refractivity contribution in [3.63, 3.8) is 0 Å². The van der Waals surface area contributed by atoms with Crippen molar-refractivity contribution >= 4 is 22.6 Å². The molecule has 0 bridgehead atoms. The van der Waals surface area contributed by atoms with E-state index in [1.165, 1.54) is 12.1 Å². The Morgan fingerprint density at radius 3 is 2.50 bits per heavy atom. The highest BCUT2D eigenvalue weighted by atomic mass is 127. The second kappa shape index (κ2) is 6.10. The van der Waals surface area contributed by atoms with Crippen LogP contribution in [0.2, 0.25) is 0 Å². The van der Waals surface area contributed by atoms with E-state index in [9.17, 15) is 4.39 Å². The molecular formula is C16H17FINO. The molecule has 2 nitrogen and oxygen atoms in total. The van der Waals surface area contributed by atoms with Crippen molar-refractivity contribution < 1.29 is 9.13 Å². The summed E-state index contributed by atoms with van der Waals surface area (Å²) in [5, 5.41) is 0. The maximum atomic E-state index is 13.2. The smallest absolute Gasteiger partial charge is 0.124 e. The Labute approximate surface area is 132 Å². The summed E-state index contributed by atoms with van der Waals surface area (Å²) in [5.41, 5.74) is 10.4. The maximum absolute atomic E-state index is 13.2. The summed E-state index contributed by atoms with van der Waals surface area (Å²) in [6.07, 6.45) is 0. The minimum absolute atomic E-state index is 0.252. The van der Waals surface area contributed by atoms with E-state index in [2.05, 4.69) is 28.7 Å². The molecule has 1 unspecified atom stereocenters. The molecule has 1 atom stereocenters. The SMILES string of the molecule is COc1cc(C)cc(C)c1C(N)c1ccc(F)cc1I. The lowest BCUT2D eigenvalue weighted by Gasteiger charge is -2.20. The molecule has 2 aromatic carbocycles. The minimum atomic E-state index is -0.335. The van der Waals surface area contributed by atoms with E-state index in [0.717, 1.165) is 31.6 Å². The quantitative estimate of drug-likeness (QED) is 0.808. The van der Waals surface area contributed by atoms with Crippen molar-refractivity contribution in [1.29, 1.82) is 0 Å². The van der Waals surface area contributed by atoms with Crippen LogP contribution in [0.1, 0.15) is 28.3 Å². The topological polar surface area (TPSA) is 35.2 Å². The van der Waals surface area contributed by atoms with Crippen LogP contribution >= 0.6 is 22.6 Å². The molecule has 0 spiro atoms. The fourth-order valence-electron chi connectivity index (χ4n) is 2.42. The second-order valence-electron chi connectivity index (χ2n) is 4.84. The Hall–Kier alpha value is -1.14. The molecule has 0 aliphatic heterocycles. The lowest BCUT2D eigenvalue weighted by molar-refractivity contribution is 0.407. The number of hydrogen-bond donors (Lipinski definition) is 1. The molecule has 0 amide bonds. The first-order valence-corrected chi connectivity index (χ1v) is 7.37. The highest BCUT2D eigenvalue weighted by Gasteiger charge is 2.19. The number of aryl methyl sites for hydroxylation is 2. The van der Waals surface area contributed by atoms with Crippen LogP contribution in [0, 0.1) is 23.2 Å². The van der Waals surface area contributed by atoms with Crippen LogP contribution in [0.15, 0.2) is 30.3 Å². The van der Waals surface area contributed by atoms with Gasteiger partial charge in [-0.1, -0.05) is 12.1 Å². The fourth-order valence-corrected chi connectivity index (χ4v) is 3.23. The van der Waals surface area contributed by atoms with E-state index in [0.29, 0.717) is 0 Å². The zero-order chi connectivity index (χ0) is 14.9. The lowest BCUT2D eigenvalue weighted by atomic mass is 9.93. The summed E-state index contributed by atoms with van der Waals surface area (Å²) >= 11 is 2.11. The van der Waals surface area contributed by atoms with Gasteiger partial charge in [0, 0.05) is 9.13 Å². The minimum Gasteiger partial charge on any atom is -0.496 e. The van der Waals surface area contributed by atoms with Gasteiger partial charge in [0.15, 0.2) is 0 Å². The number of nitrogens with two attached hydrogens (primary N) is 1. The zero-order valence-electron chi connectivity index (χ0n) is 11.7. The normalized spacial score (nSPS) is 12.3. The van der Waals surface area contributed by atoms with Crippen LogP contribution in [0.5, 0.6) is 5.75 Å². The molecule has 4 heteroatoms. The Balaban J connectivity index is 2.55. The van der Waals surface area contributed by atoms with Gasteiger partial charge < -0.3 is 10.5 Å². The Kier molecular flexibility index (Phi) is 4.65. The molecule has 0 radical (unpaired) electrons. The summed E-state index contributed by atoms with van der Waals surface area (Å²) in [7, 11) is 1.64.